The highest BCUT2D eigenvalue weighted by Crippen LogP contribution is 2.30. The summed E-state index contributed by atoms with van der Waals surface area (Å²) in [6.07, 6.45) is 0.729. The number of guanidine groups is 1. The fourth-order valence-corrected chi connectivity index (χ4v) is 4.67. The lowest BCUT2D eigenvalue weighted by atomic mass is 9.98. The summed E-state index contributed by atoms with van der Waals surface area (Å²) in [5, 5.41) is 9.28. The van der Waals surface area contributed by atoms with Crippen LogP contribution in [0.15, 0.2) is 10.4 Å². The molecule has 1 aromatic heterocycles. The fraction of sp³-hybridized carbons (Fsp3) is 0.750. The van der Waals surface area contributed by atoms with E-state index in [0.29, 0.717) is 42.1 Å². The monoisotopic (exact) mass is 441 g/mol. The van der Waals surface area contributed by atoms with E-state index in [2.05, 4.69) is 34.5 Å². The van der Waals surface area contributed by atoms with E-state index >= 15 is 0 Å². The van der Waals surface area contributed by atoms with Crippen LogP contribution in [-0.4, -0.2) is 55.9 Å². The molecule has 2 rings (SSSR count). The molecule has 0 saturated carbocycles. The number of alkyl halides is 3. The second-order valence-electron chi connectivity index (χ2n) is 6.92. The van der Waals surface area contributed by atoms with E-state index in [1.807, 2.05) is 5.38 Å². The average molecular weight is 442 g/mol. The van der Waals surface area contributed by atoms with E-state index in [4.69, 9.17) is 0 Å². The number of sulfonamides is 1. The minimum absolute atomic E-state index is 0.0747. The van der Waals surface area contributed by atoms with Crippen molar-refractivity contribution in [2.75, 3.05) is 26.7 Å². The lowest BCUT2D eigenvalue weighted by Gasteiger charge is -2.31. The lowest BCUT2D eigenvalue weighted by molar-refractivity contribution is -0.0496. The Morgan fingerprint density at radius 3 is 2.50 bits per heavy atom. The molecular weight excluding hydrogens is 415 g/mol. The highest BCUT2D eigenvalue weighted by atomic mass is 32.2. The van der Waals surface area contributed by atoms with Gasteiger partial charge in [-0.1, -0.05) is 13.8 Å². The molecule has 0 aliphatic carbocycles. The van der Waals surface area contributed by atoms with Crippen LogP contribution in [-0.2, 0) is 16.6 Å². The van der Waals surface area contributed by atoms with Crippen molar-refractivity contribution in [2.24, 2.45) is 10.9 Å². The zero-order chi connectivity index (χ0) is 20.9. The van der Waals surface area contributed by atoms with E-state index < -0.39 is 15.5 Å². The number of halogens is 3. The topological polar surface area (TPSA) is 86.7 Å². The maximum Gasteiger partial charge on any atom is 0.511 e. The number of nitrogens with one attached hydrogen (secondary N) is 2. The molecule has 2 N–H and O–H groups in total. The zero-order valence-electron chi connectivity index (χ0n) is 16.1. The third kappa shape index (κ3) is 5.80. The van der Waals surface area contributed by atoms with E-state index in [1.54, 1.807) is 18.4 Å². The Labute approximate surface area is 167 Å². The molecule has 0 atom stereocenters. The molecule has 1 fully saturated rings. The number of piperidine rings is 1. The highest BCUT2D eigenvalue weighted by Gasteiger charge is 2.50. The largest absolute Gasteiger partial charge is 0.511 e. The van der Waals surface area contributed by atoms with Gasteiger partial charge in [0.15, 0.2) is 5.96 Å². The quantitative estimate of drug-likeness (QED) is 0.523. The first kappa shape index (κ1) is 22.9. The van der Waals surface area contributed by atoms with Crippen LogP contribution >= 0.6 is 11.3 Å². The Morgan fingerprint density at radius 1 is 1.36 bits per heavy atom. The lowest BCUT2D eigenvalue weighted by Crippen LogP contribution is -2.47. The molecule has 1 aliphatic rings. The number of hydrogen-bond donors (Lipinski definition) is 2. The van der Waals surface area contributed by atoms with Gasteiger partial charge in [-0.3, -0.25) is 4.99 Å². The molecule has 1 saturated heterocycles. The molecule has 1 aromatic rings. The van der Waals surface area contributed by atoms with Crippen molar-refractivity contribution in [1.29, 1.82) is 0 Å². The maximum atomic E-state index is 12.6. The summed E-state index contributed by atoms with van der Waals surface area (Å²) in [7, 11) is -3.60. The van der Waals surface area contributed by atoms with Crippen molar-refractivity contribution >= 4 is 27.3 Å². The SMILES string of the molecule is CN=C(NCc1nc(C(C)C)cs1)NCC1CCN(S(=O)(=O)C(F)(F)F)CC1. The van der Waals surface area contributed by atoms with Gasteiger partial charge >= 0.3 is 15.5 Å². The molecule has 0 radical (unpaired) electrons. The number of thiazole rings is 1. The van der Waals surface area contributed by atoms with Gasteiger partial charge in [0.1, 0.15) is 5.01 Å². The van der Waals surface area contributed by atoms with Gasteiger partial charge in [-0.15, -0.1) is 11.3 Å². The summed E-state index contributed by atoms with van der Waals surface area (Å²) in [4.78, 5) is 8.67. The third-order valence-electron chi connectivity index (χ3n) is 4.56. The van der Waals surface area contributed by atoms with Gasteiger partial charge in [-0.05, 0) is 24.7 Å². The first-order chi connectivity index (χ1) is 13.0. The normalized spacial score (nSPS) is 17.9. The van der Waals surface area contributed by atoms with Crippen molar-refractivity contribution in [3.05, 3.63) is 16.1 Å². The first-order valence-corrected chi connectivity index (χ1v) is 11.3. The van der Waals surface area contributed by atoms with Crippen molar-refractivity contribution in [1.82, 2.24) is 19.9 Å². The van der Waals surface area contributed by atoms with Gasteiger partial charge in [0, 0.05) is 32.1 Å². The van der Waals surface area contributed by atoms with Crippen LogP contribution in [0, 0.1) is 5.92 Å². The number of hydrogen-bond acceptors (Lipinski definition) is 5. The van der Waals surface area contributed by atoms with Crippen LogP contribution in [0.1, 0.15) is 43.3 Å². The summed E-state index contributed by atoms with van der Waals surface area (Å²) in [5.74, 6) is 1.02. The summed E-state index contributed by atoms with van der Waals surface area (Å²) >= 11 is 1.57. The molecule has 28 heavy (non-hydrogen) atoms. The molecule has 7 nitrogen and oxygen atoms in total. The van der Waals surface area contributed by atoms with E-state index in [9.17, 15) is 21.6 Å². The Kier molecular flexibility index (Phi) is 7.68. The molecule has 12 heteroatoms. The van der Waals surface area contributed by atoms with E-state index in [-0.39, 0.29) is 19.0 Å². The molecule has 0 spiro atoms. The predicted molar refractivity (Wildman–Crippen MR) is 104 cm³/mol. The molecule has 0 bridgehead atoms. The smallest absolute Gasteiger partial charge is 0.356 e. The van der Waals surface area contributed by atoms with Crippen LogP contribution in [0.4, 0.5) is 13.2 Å². The molecular formula is C16H26F3N5O2S2. The number of aromatic nitrogens is 1. The Morgan fingerprint density at radius 2 is 2.00 bits per heavy atom. The fourth-order valence-electron chi connectivity index (χ4n) is 2.79. The van der Waals surface area contributed by atoms with Gasteiger partial charge in [0.25, 0.3) is 0 Å². The minimum atomic E-state index is -5.24. The summed E-state index contributed by atoms with van der Waals surface area (Å²) in [5.41, 5.74) is -4.19. The average Bonchev–Trinajstić information content (AvgIpc) is 3.10. The van der Waals surface area contributed by atoms with E-state index in [0.717, 1.165) is 10.7 Å². The van der Waals surface area contributed by atoms with Crippen LogP contribution < -0.4 is 10.6 Å². The Bertz CT molecular complexity index is 769. The standard InChI is InChI=1S/C16H26F3N5O2S2/c1-11(2)13-10-27-14(23-13)9-22-15(20-3)21-8-12-4-6-24(7-5-12)28(25,26)16(17,18)19/h10-12H,4-9H2,1-3H3,(H2,20,21,22). The third-order valence-corrected chi connectivity index (χ3v) is 7.05. The minimum Gasteiger partial charge on any atom is -0.356 e. The Hall–Kier alpha value is -1.40. The Balaban J connectivity index is 1.77. The van der Waals surface area contributed by atoms with E-state index in [1.165, 1.54) is 0 Å². The van der Waals surface area contributed by atoms with Crippen LogP contribution in [0.25, 0.3) is 0 Å². The highest BCUT2D eigenvalue weighted by molar-refractivity contribution is 7.90. The molecule has 2 heterocycles. The first-order valence-electron chi connectivity index (χ1n) is 8.99. The van der Waals surface area contributed by atoms with Crippen LogP contribution in [0.3, 0.4) is 0 Å². The van der Waals surface area contributed by atoms with Gasteiger partial charge in [-0.25, -0.2) is 13.4 Å². The van der Waals surface area contributed by atoms with Gasteiger partial charge in [-0.2, -0.15) is 17.5 Å². The van der Waals surface area contributed by atoms with Gasteiger partial charge in [0.05, 0.1) is 12.2 Å². The number of aliphatic imine (C=N–C) groups is 1. The zero-order valence-corrected chi connectivity index (χ0v) is 17.7. The van der Waals surface area contributed by atoms with Crippen molar-refractivity contribution < 1.29 is 21.6 Å². The molecule has 1 aliphatic heterocycles. The van der Waals surface area contributed by atoms with Crippen molar-refractivity contribution in [3.63, 3.8) is 0 Å². The van der Waals surface area contributed by atoms with Crippen LogP contribution in [0.5, 0.6) is 0 Å². The molecule has 160 valence electrons. The molecule has 0 unspecified atom stereocenters. The number of rotatable bonds is 6. The summed E-state index contributed by atoms with van der Waals surface area (Å²) in [6.45, 7) is 4.94. The maximum absolute atomic E-state index is 12.6. The van der Waals surface area contributed by atoms with Gasteiger partial charge in [0.2, 0.25) is 0 Å². The predicted octanol–water partition coefficient (Wildman–Crippen LogP) is 2.49. The second kappa shape index (κ2) is 9.40. The summed E-state index contributed by atoms with van der Waals surface area (Å²) in [6, 6.07) is 0. The number of nitrogens with zero attached hydrogens (tertiary/aromatic N) is 3. The molecule has 0 amide bonds. The molecule has 0 aromatic carbocycles. The van der Waals surface area contributed by atoms with Crippen molar-refractivity contribution in [2.45, 2.75) is 44.7 Å². The van der Waals surface area contributed by atoms with Crippen molar-refractivity contribution in [3.8, 4) is 0 Å². The van der Waals surface area contributed by atoms with Gasteiger partial charge < -0.3 is 10.6 Å². The van der Waals surface area contributed by atoms with Crippen LogP contribution in [0.2, 0.25) is 0 Å². The summed E-state index contributed by atoms with van der Waals surface area (Å²) < 4.78 is 61.2. The second-order valence-corrected chi connectivity index (χ2v) is 9.79.